The summed E-state index contributed by atoms with van der Waals surface area (Å²) in [5.74, 6) is -1.05. The van der Waals surface area contributed by atoms with Gasteiger partial charge in [-0.3, -0.25) is 9.59 Å². The molecule has 1 fully saturated rings. The summed E-state index contributed by atoms with van der Waals surface area (Å²) in [6, 6.07) is 4.30. The van der Waals surface area contributed by atoms with Gasteiger partial charge in [0, 0.05) is 11.3 Å². The first kappa shape index (κ1) is 15.6. The predicted molar refractivity (Wildman–Crippen MR) is 74.9 cm³/mol. The number of Topliss-reactive ketones (excluding diaryl/α,β-unsaturated/α-hetero) is 2. The highest BCUT2D eigenvalue weighted by atomic mass is 16.4. The summed E-state index contributed by atoms with van der Waals surface area (Å²) in [4.78, 5) is 23.2. The van der Waals surface area contributed by atoms with Gasteiger partial charge in [0.05, 0.1) is 18.7 Å². The van der Waals surface area contributed by atoms with Gasteiger partial charge in [0.15, 0.2) is 17.2 Å². The molecule has 7 nitrogen and oxygen atoms in total. The number of nitrogens with one attached hydrogen (secondary N) is 1. The molecule has 1 saturated carbocycles. The average molecular weight is 294 g/mol. The number of carbonyl (C=O) groups excluding carboxylic acids is 2. The Kier molecular flexibility index (Phi) is 4.11. The second kappa shape index (κ2) is 5.53. The smallest absolute Gasteiger partial charge is 0.198 e. The lowest BCUT2D eigenvalue weighted by Crippen LogP contribution is -2.55. The van der Waals surface area contributed by atoms with E-state index in [1.807, 2.05) is 0 Å². The Morgan fingerprint density at radius 3 is 2.71 bits per heavy atom. The second-order valence-corrected chi connectivity index (χ2v) is 5.23. The van der Waals surface area contributed by atoms with Crippen molar-refractivity contribution in [2.75, 3.05) is 11.9 Å². The first-order valence-electron chi connectivity index (χ1n) is 6.50. The van der Waals surface area contributed by atoms with Gasteiger partial charge in [-0.15, -0.1) is 0 Å². The van der Waals surface area contributed by atoms with Crippen LogP contribution in [0.15, 0.2) is 24.3 Å². The molecule has 1 aromatic carbocycles. The van der Waals surface area contributed by atoms with Gasteiger partial charge in [0.1, 0.15) is 6.10 Å². The van der Waals surface area contributed by atoms with Gasteiger partial charge in [0.2, 0.25) is 0 Å². The van der Waals surface area contributed by atoms with Gasteiger partial charge in [0.25, 0.3) is 0 Å². The van der Waals surface area contributed by atoms with Crippen LogP contribution in [0.4, 0.5) is 5.69 Å². The van der Waals surface area contributed by atoms with Gasteiger partial charge in [-0.05, 0) is 19.1 Å². The summed E-state index contributed by atoms with van der Waals surface area (Å²) in [7, 11) is 0. The monoisotopic (exact) mass is 294 g/mol. The summed E-state index contributed by atoms with van der Waals surface area (Å²) in [6.45, 7) is 0.554. The fourth-order valence-electron chi connectivity index (χ4n) is 2.48. The SMILES string of the molecule is CC(=O)c1cccc(N[C@H]2[C@H](N)C(O)C(=O)[C@@]2(O)CO)c1. The number of carbonyl (C=O) groups is 2. The molecular formula is C14H18N2O5. The molecule has 0 saturated heterocycles. The maximum atomic E-state index is 11.8. The van der Waals surface area contributed by atoms with Crippen molar-refractivity contribution in [2.24, 2.45) is 5.73 Å². The third-order valence-electron chi connectivity index (χ3n) is 3.79. The first-order valence-corrected chi connectivity index (χ1v) is 6.50. The van der Waals surface area contributed by atoms with Crippen LogP contribution in [0, 0.1) is 0 Å². The van der Waals surface area contributed by atoms with E-state index in [0.29, 0.717) is 11.3 Å². The van der Waals surface area contributed by atoms with E-state index < -0.39 is 36.2 Å². The van der Waals surface area contributed by atoms with Crippen LogP contribution in [0.3, 0.4) is 0 Å². The third-order valence-corrected chi connectivity index (χ3v) is 3.79. The highest BCUT2D eigenvalue weighted by Crippen LogP contribution is 2.29. The summed E-state index contributed by atoms with van der Waals surface area (Å²) in [5.41, 5.74) is 4.48. The van der Waals surface area contributed by atoms with Crippen LogP contribution in [0.5, 0.6) is 0 Å². The molecule has 0 aliphatic heterocycles. The van der Waals surface area contributed by atoms with Crippen molar-refractivity contribution in [1.29, 1.82) is 0 Å². The molecule has 1 aliphatic carbocycles. The minimum atomic E-state index is -2.16. The van der Waals surface area contributed by atoms with Crippen molar-refractivity contribution in [2.45, 2.75) is 30.7 Å². The van der Waals surface area contributed by atoms with Crippen molar-refractivity contribution in [3.05, 3.63) is 29.8 Å². The lowest BCUT2D eigenvalue weighted by atomic mass is 9.96. The largest absolute Gasteiger partial charge is 0.393 e. The Bertz CT molecular complexity index is 576. The number of rotatable bonds is 4. The molecule has 0 spiro atoms. The van der Waals surface area contributed by atoms with Crippen LogP contribution in [0.25, 0.3) is 0 Å². The lowest BCUT2D eigenvalue weighted by Gasteiger charge is -2.29. The van der Waals surface area contributed by atoms with E-state index in [4.69, 9.17) is 5.73 Å². The number of ketones is 2. The van der Waals surface area contributed by atoms with Gasteiger partial charge >= 0.3 is 0 Å². The van der Waals surface area contributed by atoms with E-state index in [0.717, 1.165) is 0 Å². The molecule has 6 N–H and O–H groups in total. The molecule has 4 atom stereocenters. The zero-order valence-electron chi connectivity index (χ0n) is 11.5. The highest BCUT2D eigenvalue weighted by molar-refractivity contribution is 5.97. The molecule has 1 unspecified atom stereocenters. The number of aliphatic hydroxyl groups excluding tert-OH is 2. The minimum Gasteiger partial charge on any atom is -0.393 e. The molecule has 1 aromatic rings. The predicted octanol–water partition coefficient (Wildman–Crippen LogP) is -1.34. The van der Waals surface area contributed by atoms with E-state index in [2.05, 4.69) is 5.32 Å². The fraction of sp³-hybridized carbons (Fsp3) is 0.429. The Labute approximate surface area is 121 Å². The number of hydrogen-bond acceptors (Lipinski definition) is 7. The average Bonchev–Trinajstić information content (AvgIpc) is 2.63. The van der Waals surface area contributed by atoms with Crippen LogP contribution in [0.2, 0.25) is 0 Å². The number of aliphatic hydroxyl groups is 3. The summed E-state index contributed by atoms with van der Waals surface area (Å²) in [5, 5.41) is 32.0. The van der Waals surface area contributed by atoms with Crippen molar-refractivity contribution in [1.82, 2.24) is 0 Å². The summed E-state index contributed by atoms with van der Waals surface area (Å²) >= 11 is 0. The van der Waals surface area contributed by atoms with E-state index in [9.17, 15) is 24.9 Å². The molecule has 0 aromatic heterocycles. The quantitative estimate of drug-likeness (QED) is 0.434. The number of nitrogens with two attached hydrogens (primary N) is 1. The van der Waals surface area contributed by atoms with Crippen LogP contribution in [0.1, 0.15) is 17.3 Å². The van der Waals surface area contributed by atoms with Crippen LogP contribution < -0.4 is 11.1 Å². The molecule has 114 valence electrons. The van der Waals surface area contributed by atoms with Crippen LogP contribution in [-0.4, -0.2) is 57.3 Å². The van der Waals surface area contributed by atoms with E-state index >= 15 is 0 Å². The molecule has 21 heavy (non-hydrogen) atoms. The number of benzene rings is 1. The Morgan fingerprint density at radius 1 is 1.48 bits per heavy atom. The van der Waals surface area contributed by atoms with E-state index in [-0.39, 0.29) is 5.78 Å². The van der Waals surface area contributed by atoms with Crippen molar-refractivity contribution < 1.29 is 24.9 Å². The molecule has 0 amide bonds. The van der Waals surface area contributed by atoms with Crippen molar-refractivity contribution >= 4 is 17.3 Å². The first-order chi connectivity index (χ1) is 9.81. The number of anilines is 1. The maximum Gasteiger partial charge on any atom is 0.198 e. The Balaban J connectivity index is 2.31. The van der Waals surface area contributed by atoms with Crippen molar-refractivity contribution in [3.63, 3.8) is 0 Å². The Hall–Kier alpha value is -1.80. The molecule has 0 bridgehead atoms. The standard InChI is InChI=1S/C14H18N2O5/c1-7(18)8-3-2-4-9(5-8)16-12-10(15)11(19)13(20)14(12,21)6-17/h2-5,10-12,16-17,19,21H,6,15H2,1H3/t10-,11?,12+,14-/m1/s1. The van der Waals surface area contributed by atoms with Gasteiger partial charge in [-0.2, -0.15) is 0 Å². The molecule has 7 heteroatoms. The topological polar surface area (TPSA) is 133 Å². The normalized spacial score (nSPS) is 32.2. The van der Waals surface area contributed by atoms with Crippen molar-refractivity contribution in [3.8, 4) is 0 Å². The summed E-state index contributed by atoms with van der Waals surface area (Å²) < 4.78 is 0. The molecule has 0 heterocycles. The van der Waals surface area contributed by atoms with Gasteiger partial charge in [-0.1, -0.05) is 12.1 Å². The second-order valence-electron chi connectivity index (χ2n) is 5.23. The van der Waals surface area contributed by atoms with Crippen LogP contribution >= 0.6 is 0 Å². The van der Waals surface area contributed by atoms with Gasteiger partial charge in [-0.25, -0.2) is 0 Å². The minimum absolute atomic E-state index is 0.136. The maximum absolute atomic E-state index is 11.8. The number of hydrogen-bond donors (Lipinski definition) is 5. The fourth-order valence-corrected chi connectivity index (χ4v) is 2.48. The van der Waals surface area contributed by atoms with E-state index in [1.54, 1.807) is 24.3 Å². The molecule has 1 aliphatic rings. The molecule has 0 radical (unpaired) electrons. The Morgan fingerprint density at radius 2 is 2.14 bits per heavy atom. The highest BCUT2D eigenvalue weighted by Gasteiger charge is 2.58. The zero-order valence-corrected chi connectivity index (χ0v) is 11.5. The molecule has 2 rings (SSSR count). The van der Waals surface area contributed by atoms with Gasteiger partial charge < -0.3 is 26.4 Å². The van der Waals surface area contributed by atoms with Crippen LogP contribution in [-0.2, 0) is 4.79 Å². The van der Waals surface area contributed by atoms with E-state index in [1.165, 1.54) is 6.92 Å². The lowest BCUT2D eigenvalue weighted by molar-refractivity contribution is -0.143. The summed E-state index contributed by atoms with van der Waals surface area (Å²) in [6.07, 6.45) is -1.56. The molecular weight excluding hydrogens is 276 g/mol. The third kappa shape index (κ3) is 2.56. The zero-order chi connectivity index (χ0) is 15.8.